The summed E-state index contributed by atoms with van der Waals surface area (Å²) in [5.41, 5.74) is 7.50. The quantitative estimate of drug-likeness (QED) is 0.190. The normalized spacial score (nSPS) is 11.2. The molecule has 0 radical (unpaired) electrons. The Kier molecular flexibility index (Phi) is 11.6. The van der Waals surface area contributed by atoms with Crippen molar-refractivity contribution in [2.75, 3.05) is 20.1 Å². The van der Waals surface area contributed by atoms with Crippen LogP contribution in [-0.4, -0.2) is 46.3 Å². The van der Waals surface area contributed by atoms with Crippen molar-refractivity contribution in [1.82, 2.24) is 14.4 Å². The van der Waals surface area contributed by atoms with Crippen molar-refractivity contribution >= 4 is 22.7 Å². The van der Waals surface area contributed by atoms with E-state index in [0.717, 1.165) is 64.6 Å². The number of nitrogens with zero attached hydrogens (tertiary/aromatic N) is 3. The molecule has 0 aliphatic heterocycles. The van der Waals surface area contributed by atoms with Gasteiger partial charge in [-0.2, -0.15) is 0 Å². The van der Waals surface area contributed by atoms with Gasteiger partial charge in [0.2, 0.25) is 11.8 Å². The molecule has 3 rings (SSSR count). The van der Waals surface area contributed by atoms with Gasteiger partial charge in [0.15, 0.2) is 0 Å². The molecule has 0 bridgehead atoms. The first-order chi connectivity index (χ1) is 18.7. The topological polar surface area (TPSA) is 45.6 Å². The Morgan fingerprint density at radius 3 is 2.18 bits per heavy atom. The minimum atomic E-state index is 0.127. The van der Waals surface area contributed by atoms with Crippen LogP contribution >= 0.6 is 0 Å². The molecule has 0 aliphatic carbocycles. The molecule has 212 valence electrons. The van der Waals surface area contributed by atoms with Crippen molar-refractivity contribution in [3.05, 3.63) is 70.4 Å². The molecule has 0 atom stereocenters. The summed E-state index contributed by atoms with van der Waals surface area (Å²) in [5, 5.41) is 1.25. The molecule has 0 fully saturated rings. The zero-order valence-corrected chi connectivity index (χ0v) is 25.2. The van der Waals surface area contributed by atoms with Crippen LogP contribution in [0.3, 0.4) is 0 Å². The number of fused-ring (bicyclic) bond motifs is 1. The number of carbonyl (C=O) groups is 2. The number of aromatic nitrogens is 1. The minimum absolute atomic E-state index is 0.127. The summed E-state index contributed by atoms with van der Waals surface area (Å²) >= 11 is 0. The van der Waals surface area contributed by atoms with Crippen LogP contribution in [0.1, 0.15) is 93.2 Å². The molecule has 1 heterocycles. The number of rotatable bonds is 15. The Bertz CT molecular complexity index is 1230. The molecule has 2 aromatic carbocycles. The summed E-state index contributed by atoms with van der Waals surface area (Å²) in [6.45, 7) is 13.4. The zero-order chi connectivity index (χ0) is 28.4. The van der Waals surface area contributed by atoms with Crippen molar-refractivity contribution in [2.45, 2.75) is 99.1 Å². The second-order valence-corrected chi connectivity index (χ2v) is 11.3. The lowest BCUT2D eigenvalue weighted by molar-refractivity contribution is -0.130. The summed E-state index contributed by atoms with van der Waals surface area (Å²) in [4.78, 5) is 28.7. The van der Waals surface area contributed by atoms with Gasteiger partial charge in [0.25, 0.3) is 0 Å². The zero-order valence-electron chi connectivity index (χ0n) is 25.2. The van der Waals surface area contributed by atoms with Gasteiger partial charge in [-0.25, -0.2) is 0 Å². The highest BCUT2D eigenvalue weighted by Crippen LogP contribution is 2.29. The van der Waals surface area contributed by atoms with Gasteiger partial charge in [-0.15, -0.1) is 0 Å². The predicted molar refractivity (Wildman–Crippen MR) is 163 cm³/mol. The van der Waals surface area contributed by atoms with Crippen molar-refractivity contribution in [1.29, 1.82) is 0 Å². The van der Waals surface area contributed by atoms with Crippen LogP contribution in [-0.2, 0) is 22.7 Å². The number of hydrogen-bond donors (Lipinski definition) is 0. The highest BCUT2D eigenvalue weighted by molar-refractivity contribution is 5.87. The summed E-state index contributed by atoms with van der Waals surface area (Å²) < 4.78 is 2.40. The lowest BCUT2D eigenvalue weighted by Crippen LogP contribution is -2.29. The molecule has 0 spiro atoms. The monoisotopic (exact) mass is 531 g/mol. The maximum Gasteiger partial charge on any atom is 0.222 e. The van der Waals surface area contributed by atoms with Crippen LogP contribution < -0.4 is 0 Å². The minimum Gasteiger partial charge on any atom is -0.346 e. The molecule has 39 heavy (non-hydrogen) atoms. The Labute approximate surface area is 236 Å². The van der Waals surface area contributed by atoms with Crippen molar-refractivity contribution in [3.8, 4) is 0 Å². The van der Waals surface area contributed by atoms with E-state index in [1.54, 1.807) is 6.92 Å². The first kappa shape index (κ1) is 30.5. The molecule has 3 aromatic rings. The number of amides is 2. The van der Waals surface area contributed by atoms with Gasteiger partial charge >= 0.3 is 0 Å². The van der Waals surface area contributed by atoms with Crippen LogP contribution in [0.15, 0.2) is 42.5 Å². The van der Waals surface area contributed by atoms with Crippen LogP contribution in [0.2, 0.25) is 0 Å². The Morgan fingerprint density at radius 2 is 1.49 bits per heavy atom. The fraction of sp³-hybridized carbons (Fsp3) is 0.529. The molecular formula is C34H49N3O2. The third kappa shape index (κ3) is 8.71. The molecule has 5 nitrogen and oxygen atoms in total. The largest absolute Gasteiger partial charge is 0.346 e. The van der Waals surface area contributed by atoms with Gasteiger partial charge in [-0.3, -0.25) is 9.59 Å². The molecule has 2 amide bonds. The lowest BCUT2D eigenvalue weighted by Gasteiger charge is -2.22. The smallest absolute Gasteiger partial charge is 0.222 e. The SMILES string of the molecule is CCCCN(C)C(=O)CCCCCCCN(Cc1c(C)n(Cc2ccc(C)cc2)c2ccc(C)cc12)C(C)=O. The van der Waals surface area contributed by atoms with Crippen LogP contribution in [0.25, 0.3) is 10.9 Å². The third-order valence-corrected chi connectivity index (χ3v) is 7.96. The number of carbonyl (C=O) groups excluding carboxylic acids is 2. The van der Waals surface area contributed by atoms with E-state index in [0.29, 0.717) is 13.0 Å². The first-order valence-electron chi connectivity index (χ1n) is 14.8. The maximum atomic E-state index is 12.6. The fourth-order valence-electron chi connectivity index (χ4n) is 5.30. The summed E-state index contributed by atoms with van der Waals surface area (Å²) in [6, 6.07) is 15.4. The molecule has 5 heteroatoms. The van der Waals surface area contributed by atoms with Gasteiger partial charge in [0.1, 0.15) is 0 Å². The molecule has 0 unspecified atom stereocenters. The highest BCUT2D eigenvalue weighted by atomic mass is 16.2. The predicted octanol–water partition coefficient (Wildman–Crippen LogP) is 7.56. The van der Waals surface area contributed by atoms with Crippen LogP contribution in [0.4, 0.5) is 0 Å². The summed E-state index contributed by atoms with van der Waals surface area (Å²) in [7, 11) is 1.91. The highest BCUT2D eigenvalue weighted by Gasteiger charge is 2.19. The van der Waals surface area contributed by atoms with Crippen molar-refractivity contribution < 1.29 is 9.59 Å². The van der Waals surface area contributed by atoms with E-state index in [1.165, 1.54) is 38.9 Å². The number of benzene rings is 2. The Hall–Kier alpha value is -3.08. The standard InChI is InChI=1S/C34H49N3O2/c1-7-8-21-35(6)34(39)14-12-10-9-11-13-22-36(29(5)38)25-32-28(4)37(24-30-18-15-26(2)16-19-30)33-20-17-27(3)23-31(32)33/h15-20,23H,7-14,21-22,24-25H2,1-6H3. The second-order valence-electron chi connectivity index (χ2n) is 11.3. The van der Waals surface area contributed by atoms with E-state index in [4.69, 9.17) is 0 Å². The number of unbranched alkanes of at least 4 members (excludes halogenated alkanes) is 5. The van der Waals surface area contributed by atoms with E-state index in [-0.39, 0.29) is 11.8 Å². The van der Waals surface area contributed by atoms with E-state index < -0.39 is 0 Å². The van der Waals surface area contributed by atoms with Gasteiger partial charge < -0.3 is 14.4 Å². The Morgan fingerprint density at radius 1 is 0.821 bits per heavy atom. The summed E-state index contributed by atoms with van der Waals surface area (Å²) in [5.74, 6) is 0.389. The van der Waals surface area contributed by atoms with Crippen molar-refractivity contribution in [2.24, 2.45) is 0 Å². The van der Waals surface area contributed by atoms with E-state index in [2.05, 4.69) is 74.7 Å². The Balaban J connectivity index is 1.59. The molecule has 1 aromatic heterocycles. The first-order valence-corrected chi connectivity index (χ1v) is 14.8. The van der Waals surface area contributed by atoms with Crippen LogP contribution in [0, 0.1) is 20.8 Å². The van der Waals surface area contributed by atoms with E-state index >= 15 is 0 Å². The molecule has 0 saturated carbocycles. The average molecular weight is 532 g/mol. The van der Waals surface area contributed by atoms with E-state index in [1.807, 2.05) is 16.8 Å². The maximum absolute atomic E-state index is 12.6. The molecule has 0 aliphatic rings. The van der Waals surface area contributed by atoms with Crippen molar-refractivity contribution in [3.63, 3.8) is 0 Å². The molecule has 0 N–H and O–H groups in total. The number of hydrogen-bond acceptors (Lipinski definition) is 2. The average Bonchev–Trinajstić information content (AvgIpc) is 3.16. The third-order valence-electron chi connectivity index (χ3n) is 7.96. The number of aryl methyl sites for hydroxylation is 2. The van der Waals surface area contributed by atoms with Gasteiger partial charge in [0.05, 0.1) is 0 Å². The van der Waals surface area contributed by atoms with E-state index in [9.17, 15) is 9.59 Å². The second kappa shape index (κ2) is 14.9. The summed E-state index contributed by atoms with van der Waals surface area (Å²) in [6.07, 6.45) is 8.02. The molecule has 0 saturated heterocycles. The fourth-order valence-corrected chi connectivity index (χ4v) is 5.30. The van der Waals surface area contributed by atoms with Gasteiger partial charge in [-0.1, -0.05) is 74.1 Å². The lowest BCUT2D eigenvalue weighted by atomic mass is 10.1. The van der Waals surface area contributed by atoms with Crippen LogP contribution in [0.5, 0.6) is 0 Å². The molecular weight excluding hydrogens is 482 g/mol. The van der Waals surface area contributed by atoms with Gasteiger partial charge in [-0.05, 0) is 63.3 Å². The van der Waals surface area contributed by atoms with Gasteiger partial charge in [0, 0.05) is 63.2 Å².